The number of nitrogens with one attached hydrogen (secondary N) is 2. The molecule has 31 heavy (non-hydrogen) atoms. The zero-order valence-electron chi connectivity index (χ0n) is 17.3. The van der Waals surface area contributed by atoms with Crippen LogP contribution in [0.5, 0.6) is 5.75 Å². The first kappa shape index (κ1) is 20.3. The number of rotatable bonds is 4. The van der Waals surface area contributed by atoms with Crippen molar-refractivity contribution in [3.63, 3.8) is 0 Å². The average Bonchev–Trinajstić information content (AvgIpc) is 3.36. The Morgan fingerprint density at radius 1 is 1.32 bits per heavy atom. The summed E-state index contributed by atoms with van der Waals surface area (Å²) in [5.74, 6) is 0.740. The Kier molecular flexibility index (Phi) is 5.33. The van der Waals surface area contributed by atoms with E-state index in [1.807, 2.05) is 29.2 Å². The lowest BCUT2D eigenvalue weighted by atomic mass is 9.99. The van der Waals surface area contributed by atoms with Crippen molar-refractivity contribution in [2.45, 2.75) is 32.0 Å². The van der Waals surface area contributed by atoms with Crippen LogP contribution >= 0.6 is 11.6 Å². The lowest BCUT2D eigenvalue weighted by Gasteiger charge is -2.29. The molecule has 0 aliphatic carbocycles. The summed E-state index contributed by atoms with van der Waals surface area (Å²) < 4.78 is 6.24. The Hall–Kier alpha value is -2.61. The minimum atomic E-state index is -0.528. The molecule has 4 heterocycles. The number of hydrogen-bond donors (Lipinski definition) is 3. The van der Waals surface area contributed by atoms with Crippen LogP contribution in [0.1, 0.15) is 18.2 Å². The Morgan fingerprint density at radius 2 is 2.13 bits per heavy atom. The van der Waals surface area contributed by atoms with Crippen molar-refractivity contribution >= 4 is 28.5 Å². The number of fused-ring (bicyclic) bond motifs is 2. The number of halogens is 1. The van der Waals surface area contributed by atoms with Gasteiger partial charge in [0.2, 0.25) is 0 Å². The number of nitrogens with zero attached hydrogens (tertiary/aromatic N) is 2. The molecule has 0 unspecified atom stereocenters. The number of aromatic nitrogens is 2. The molecule has 0 radical (unpaired) electrons. The summed E-state index contributed by atoms with van der Waals surface area (Å²) in [5.41, 5.74) is 4.39. The number of aliphatic hydroxyl groups excluding tert-OH is 1. The third-order valence-electron chi connectivity index (χ3n) is 5.89. The molecule has 1 saturated heterocycles. The minimum absolute atomic E-state index is 0.0283. The minimum Gasteiger partial charge on any atom is -0.479 e. The van der Waals surface area contributed by atoms with E-state index in [4.69, 9.17) is 16.3 Å². The Bertz CT molecular complexity index is 1140. The van der Waals surface area contributed by atoms with Gasteiger partial charge in [-0.25, -0.2) is 4.98 Å². The molecule has 1 fully saturated rings. The van der Waals surface area contributed by atoms with Gasteiger partial charge in [-0.2, -0.15) is 0 Å². The van der Waals surface area contributed by atoms with Gasteiger partial charge < -0.3 is 25.0 Å². The lowest BCUT2D eigenvalue weighted by Crippen LogP contribution is -2.50. The average molecular weight is 441 g/mol. The first-order valence-electron chi connectivity index (χ1n) is 10.6. The standard InChI is InChI=1S/C23H25ClN4O3/c1-13(29)8-16-12-19-17(2-3-26-22(19)27-16)18-11-15(24)9-14-10-20(31-21(14)18)23(30)28-6-4-25-5-7-28/h2-3,9,11-13,20,25,29H,4-8,10H2,1H3,(H,26,27)/t13-,20-/m0/s1. The Labute approximate surface area is 185 Å². The molecule has 3 N–H and O–H groups in total. The topological polar surface area (TPSA) is 90.5 Å². The highest BCUT2D eigenvalue weighted by Crippen LogP contribution is 2.43. The van der Waals surface area contributed by atoms with E-state index in [-0.39, 0.29) is 5.91 Å². The van der Waals surface area contributed by atoms with Crippen molar-refractivity contribution in [1.82, 2.24) is 20.2 Å². The Balaban J connectivity index is 1.52. The summed E-state index contributed by atoms with van der Waals surface area (Å²) in [5, 5.41) is 14.6. The fraction of sp³-hybridized carbons (Fsp3) is 0.391. The maximum atomic E-state index is 13.0. The summed E-state index contributed by atoms with van der Waals surface area (Å²) >= 11 is 6.46. The molecule has 2 aromatic heterocycles. The number of benzene rings is 1. The van der Waals surface area contributed by atoms with Gasteiger partial charge in [0, 0.05) is 72.4 Å². The summed E-state index contributed by atoms with van der Waals surface area (Å²) in [4.78, 5) is 22.6. The number of hydrogen-bond acceptors (Lipinski definition) is 5. The summed E-state index contributed by atoms with van der Waals surface area (Å²) in [6, 6.07) is 7.72. The third-order valence-corrected chi connectivity index (χ3v) is 6.11. The van der Waals surface area contributed by atoms with E-state index >= 15 is 0 Å². The maximum Gasteiger partial charge on any atom is 0.264 e. The van der Waals surface area contributed by atoms with Crippen LogP contribution in [0.3, 0.4) is 0 Å². The number of ether oxygens (including phenoxy) is 1. The predicted molar refractivity (Wildman–Crippen MR) is 119 cm³/mol. The summed E-state index contributed by atoms with van der Waals surface area (Å²) in [6.45, 7) is 4.76. The largest absolute Gasteiger partial charge is 0.479 e. The second kappa shape index (κ2) is 8.15. The molecule has 0 saturated carbocycles. The molecular formula is C23H25ClN4O3. The van der Waals surface area contributed by atoms with Gasteiger partial charge >= 0.3 is 0 Å². The van der Waals surface area contributed by atoms with Crippen LogP contribution < -0.4 is 10.1 Å². The molecule has 1 amide bonds. The number of carbonyl (C=O) groups is 1. The van der Waals surface area contributed by atoms with Gasteiger partial charge in [0.25, 0.3) is 5.91 Å². The number of aromatic amines is 1. The van der Waals surface area contributed by atoms with E-state index in [0.29, 0.717) is 36.7 Å². The fourth-order valence-corrected chi connectivity index (χ4v) is 4.74. The molecule has 2 aliphatic rings. The third kappa shape index (κ3) is 3.89. The van der Waals surface area contributed by atoms with Crippen molar-refractivity contribution < 1.29 is 14.6 Å². The SMILES string of the molecule is C[C@H](O)Cc1cc2c(-c3cc(Cl)cc4c3O[C@H](C(=O)N3CCNCC3)C4)ccnc2[nH]1. The van der Waals surface area contributed by atoms with Crippen molar-refractivity contribution in [3.05, 3.63) is 46.7 Å². The summed E-state index contributed by atoms with van der Waals surface area (Å²) in [6.07, 6.45) is 1.79. The smallest absolute Gasteiger partial charge is 0.264 e. The van der Waals surface area contributed by atoms with Crippen LogP contribution in [-0.2, 0) is 17.6 Å². The predicted octanol–water partition coefficient (Wildman–Crippen LogP) is 2.54. The van der Waals surface area contributed by atoms with Crippen LogP contribution in [0, 0.1) is 0 Å². The number of carbonyl (C=O) groups excluding carboxylic acids is 1. The molecule has 2 atom stereocenters. The van der Waals surface area contributed by atoms with Gasteiger partial charge in [-0.05, 0) is 36.8 Å². The van der Waals surface area contributed by atoms with Crippen LogP contribution in [0.2, 0.25) is 5.02 Å². The monoisotopic (exact) mass is 440 g/mol. The molecule has 7 nitrogen and oxygen atoms in total. The number of amides is 1. The van der Waals surface area contributed by atoms with E-state index in [1.54, 1.807) is 13.1 Å². The maximum absolute atomic E-state index is 13.0. The molecule has 5 rings (SSSR count). The molecule has 0 bridgehead atoms. The first-order valence-corrected chi connectivity index (χ1v) is 11.0. The fourth-order valence-electron chi connectivity index (χ4n) is 4.50. The first-order chi connectivity index (χ1) is 15.0. The number of H-pyrrole nitrogens is 1. The van der Waals surface area contributed by atoms with E-state index in [2.05, 4.69) is 15.3 Å². The quantitative estimate of drug-likeness (QED) is 0.580. The second-order valence-corrected chi connectivity index (χ2v) is 8.73. The molecular weight excluding hydrogens is 416 g/mol. The normalized spacial score (nSPS) is 19.3. The second-order valence-electron chi connectivity index (χ2n) is 8.30. The van der Waals surface area contributed by atoms with E-state index in [0.717, 1.165) is 46.5 Å². The number of aliphatic hydroxyl groups is 1. The Morgan fingerprint density at radius 3 is 2.90 bits per heavy atom. The highest BCUT2D eigenvalue weighted by Gasteiger charge is 2.35. The number of piperazine rings is 1. The van der Waals surface area contributed by atoms with Crippen molar-refractivity contribution in [3.8, 4) is 16.9 Å². The zero-order chi connectivity index (χ0) is 21.5. The molecule has 1 aromatic carbocycles. The van der Waals surface area contributed by atoms with Crippen LogP contribution in [-0.4, -0.2) is 64.3 Å². The van der Waals surface area contributed by atoms with Gasteiger partial charge in [-0.3, -0.25) is 4.79 Å². The van der Waals surface area contributed by atoms with E-state index < -0.39 is 12.2 Å². The molecule has 8 heteroatoms. The molecule has 2 aliphatic heterocycles. The van der Waals surface area contributed by atoms with Gasteiger partial charge in [-0.15, -0.1) is 0 Å². The van der Waals surface area contributed by atoms with Crippen molar-refractivity contribution in [2.75, 3.05) is 26.2 Å². The highest BCUT2D eigenvalue weighted by molar-refractivity contribution is 6.31. The van der Waals surface area contributed by atoms with Crippen LogP contribution in [0.15, 0.2) is 30.5 Å². The van der Waals surface area contributed by atoms with E-state index in [1.165, 1.54) is 0 Å². The van der Waals surface area contributed by atoms with Gasteiger partial charge in [0.05, 0.1) is 6.10 Å². The van der Waals surface area contributed by atoms with Crippen molar-refractivity contribution in [2.24, 2.45) is 0 Å². The molecule has 162 valence electrons. The summed E-state index contributed by atoms with van der Waals surface area (Å²) in [7, 11) is 0. The van der Waals surface area contributed by atoms with Gasteiger partial charge in [0.15, 0.2) is 6.10 Å². The van der Waals surface area contributed by atoms with Gasteiger partial charge in [0.1, 0.15) is 11.4 Å². The lowest BCUT2D eigenvalue weighted by molar-refractivity contribution is -0.138. The molecule has 3 aromatic rings. The van der Waals surface area contributed by atoms with Crippen LogP contribution in [0.4, 0.5) is 0 Å². The van der Waals surface area contributed by atoms with E-state index in [9.17, 15) is 9.90 Å². The van der Waals surface area contributed by atoms with Crippen molar-refractivity contribution in [1.29, 1.82) is 0 Å². The zero-order valence-corrected chi connectivity index (χ0v) is 18.1. The van der Waals surface area contributed by atoms with Gasteiger partial charge in [-0.1, -0.05) is 11.6 Å². The van der Waals surface area contributed by atoms with Crippen LogP contribution in [0.25, 0.3) is 22.2 Å². The number of pyridine rings is 1. The molecule has 0 spiro atoms. The highest BCUT2D eigenvalue weighted by atomic mass is 35.5.